The van der Waals surface area contributed by atoms with Gasteiger partial charge in [-0.25, -0.2) is 0 Å². The molecule has 0 aromatic rings. The van der Waals surface area contributed by atoms with Crippen LogP contribution in [0, 0.1) is 0 Å². The molecule has 0 fully saturated rings. The van der Waals surface area contributed by atoms with Gasteiger partial charge in [-0.15, -0.1) is 0 Å². The summed E-state index contributed by atoms with van der Waals surface area (Å²) in [5.41, 5.74) is 0. The molecule has 0 aliphatic rings. The fourth-order valence-electron chi connectivity index (χ4n) is 0.955. The molecule has 0 saturated carbocycles. The number of aliphatic hydroxyl groups excluding tert-OH is 1. The largest absolute Gasteiger partial charge is 0.391 e. The molecule has 0 aliphatic heterocycles. The van der Waals surface area contributed by atoms with Crippen molar-refractivity contribution in [2.45, 2.75) is 45.9 Å². The summed E-state index contributed by atoms with van der Waals surface area (Å²) in [6, 6.07) is -0.200. The van der Waals surface area contributed by atoms with E-state index in [0.29, 0.717) is 0 Å². The molecule has 0 saturated heterocycles. The van der Waals surface area contributed by atoms with Crippen molar-refractivity contribution in [1.29, 1.82) is 0 Å². The summed E-state index contributed by atoms with van der Waals surface area (Å²) < 4.78 is 0. The number of aliphatic hydroxyl groups is 1. The van der Waals surface area contributed by atoms with Gasteiger partial charge in [0, 0.05) is 6.04 Å². The van der Waals surface area contributed by atoms with Crippen LogP contribution < -0.4 is 5.32 Å². The first-order valence-electron chi connectivity index (χ1n) is 3.89. The number of hydrogen-bond acceptors (Lipinski definition) is 3. The normalized spacial score (nSPS) is 16.5. The summed E-state index contributed by atoms with van der Waals surface area (Å²) in [7, 11) is 0. The molecule has 0 rings (SSSR count). The van der Waals surface area contributed by atoms with Crippen LogP contribution >= 0.6 is 0 Å². The smallest absolute Gasteiger partial charge is 0.149 e. The summed E-state index contributed by atoms with van der Waals surface area (Å²) in [5, 5.41) is 12.1. The summed E-state index contributed by atoms with van der Waals surface area (Å²) >= 11 is 0. The van der Waals surface area contributed by atoms with E-state index in [9.17, 15) is 4.79 Å². The summed E-state index contributed by atoms with van der Waals surface area (Å²) in [4.78, 5) is 10.9. The van der Waals surface area contributed by atoms with Gasteiger partial charge in [-0.2, -0.15) is 0 Å². The molecule has 0 aromatic carbocycles. The van der Waals surface area contributed by atoms with Crippen molar-refractivity contribution in [3.63, 3.8) is 0 Å². The second kappa shape index (κ2) is 4.46. The highest BCUT2D eigenvalue weighted by Gasteiger charge is 2.19. The minimum atomic E-state index is -0.616. The van der Waals surface area contributed by atoms with Crippen molar-refractivity contribution in [1.82, 2.24) is 5.32 Å². The first-order chi connectivity index (χ1) is 4.95. The van der Waals surface area contributed by atoms with Gasteiger partial charge in [-0.05, 0) is 13.8 Å². The Bertz CT molecular complexity index is 132. The number of rotatable bonds is 4. The minimum Gasteiger partial charge on any atom is -0.391 e. The molecule has 0 amide bonds. The van der Waals surface area contributed by atoms with Gasteiger partial charge >= 0.3 is 0 Å². The van der Waals surface area contributed by atoms with Crippen LogP contribution in [0.15, 0.2) is 0 Å². The van der Waals surface area contributed by atoms with E-state index in [-0.39, 0.29) is 11.8 Å². The lowest BCUT2D eigenvalue weighted by Gasteiger charge is -2.20. The molecule has 0 unspecified atom stereocenters. The van der Waals surface area contributed by atoms with E-state index >= 15 is 0 Å². The van der Waals surface area contributed by atoms with Gasteiger partial charge < -0.3 is 10.4 Å². The van der Waals surface area contributed by atoms with Gasteiger partial charge in [0.2, 0.25) is 0 Å². The van der Waals surface area contributed by atoms with E-state index in [1.54, 1.807) is 6.92 Å². The SMILES string of the molecule is CC(=O)[C@H](NC(C)C)[C@H](C)O. The third-order valence-corrected chi connectivity index (χ3v) is 1.43. The van der Waals surface area contributed by atoms with Crippen LogP contribution in [-0.4, -0.2) is 29.1 Å². The van der Waals surface area contributed by atoms with Crippen LogP contribution in [0.25, 0.3) is 0 Å². The zero-order valence-electron chi connectivity index (χ0n) is 7.59. The molecule has 0 aliphatic carbocycles. The van der Waals surface area contributed by atoms with Crippen molar-refractivity contribution < 1.29 is 9.90 Å². The zero-order chi connectivity index (χ0) is 9.02. The van der Waals surface area contributed by atoms with E-state index < -0.39 is 12.1 Å². The highest BCUT2D eigenvalue weighted by Crippen LogP contribution is 1.95. The Hall–Kier alpha value is -0.410. The van der Waals surface area contributed by atoms with E-state index in [1.165, 1.54) is 6.92 Å². The topological polar surface area (TPSA) is 49.3 Å². The molecular formula is C8H17NO2. The van der Waals surface area contributed by atoms with Crippen LogP contribution in [0.5, 0.6) is 0 Å². The molecule has 0 radical (unpaired) electrons. The van der Waals surface area contributed by atoms with Crippen LogP contribution in [0.3, 0.4) is 0 Å². The van der Waals surface area contributed by atoms with E-state index in [1.807, 2.05) is 13.8 Å². The lowest BCUT2D eigenvalue weighted by atomic mass is 10.1. The van der Waals surface area contributed by atoms with Gasteiger partial charge in [0.15, 0.2) is 0 Å². The molecule has 3 heteroatoms. The summed E-state index contributed by atoms with van der Waals surface area (Å²) in [5.74, 6) is -0.0197. The van der Waals surface area contributed by atoms with Crippen molar-refractivity contribution in [2.24, 2.45) is 0 Å². The Labute approximate surface area is 67.8 Å². The number of nitrogens with one attached hydrogen (secondary N) is 1. The van der Waals surface area contributed by atoms with Crippen LogP contribution in [0.1, 0.15) is 27.7 Å². The molecule has 0 bridgehead atoms. The molecule has 2 N–H and O–H groups in total. The first-order valence-corrected chi connectivity index (χ1v) is 3.89. The molecule has 3 nitrogen and oxygen atoms in total. The van der Waals surface area contributed by atoms with Crippen molar-refractivity contribution in [2.75, 3.05) is 0 Å². The fourth-order valence-corrected chi connectivity index (χ4v) is 0.955. The Morgan fingerprint density at radius 2 is 1.82 bits per heavy atom. The van der Waals surface area contributed by atoms with Crippen molar-refractivity contribution in [3.8, 4) is 0 Å². The number of Topliss-reactive ketones (excluding diaryl/α,β-unsaturated/α-hetero) is 1. The summed E-state index contributed by atoms with van der Waals surface area (Å²) in [6.45, 7) is 6.98. The van der Waals surface area contributed by atoms with Gasteiger partial charge in [-0.1, -0.05) is 13.8 Å². The number of hydrogen-bond donors (Lipinski definition) is 2. The predicted octanol–water partition coefficient (Wildman–Crippen LogP) is 0.323. The predicted molar refractivity (Wildman–Crippen MR) is 44.4 cm³/mol. The van der Waals surface area contributed by atoms with Gasteiger partial charge in [0.25, 0.3) is 0 Å². The number of carbonyl (C=O) groups excluding carboxylic acids is 1. The second-order valence-electron chi connectivity index (χ2n) is 3.15. The Morgan fingerprint density at radius 3 is 1.91 bits per heavy atom. The summed E-state index contributed by atoms with van der Waals surface area (Å²) in [6.07, 6.45) is -0.616. The van der Waals surface area contributed by atoms with Gasteiger partial charge in [0.05, 0.1) is 12.1 Å². The second-order valence-corrected chi connectivity index (χ2v) is 3.15. The first kappa shape index (κ1) is 10.6. The Morgan fingerprint density at radius 1 is 1.36 bits per heavy atom. The molecule has 66 valence electrons. The number of carbonyl (C=O) groups is 1. The van der Waals surface area contributed by atoms with Gasteiger partial charge in [-0.3, -0.25) is 4.79 Å². The third-order valence-electron chi connectivity index (χ3n) is 1.43. The molecule has 0 heterocycles. The average Bonchev–Trinajstić information content (AvgIpc) is 1.81. The van der Waals surface area contributed by atoms with Gasteiger partial charge in [0.1, 0.15) is 5.78 Å². The maximum atomic E-state index is 10.9. The molecule has 0 spiro atoms. The van der Waals surface area contributed by atoms with Crippen LogP contribution in [0.4, 0.5) is 0 Å². The lowest BCUT2D eigenvalue weighted by molar-refractivity contribution is -0.121. The van der Waals surface area contributed by atoms with Crippen molar-refractivity contribution in [3.05, 3.63) is 0 Å². The minimum absolute atomic E-state index is 0.0197. The maximum Gasteiger partial charge on any atom is 0.149 e. The monoisotopic (exact) mass is 159 g/mol. The standard InChI is InChI=1S/C8H17NO2/c1-5(2)9-8(6(3)10)7(4)11/h5-6,8-10H,1-4H3/t6-,8+/m0/s1. The average molecular weight is 159 g/mol. The van der Waals surface area contributed by atoms with Crippen LogP contribution in [0.2, 0.25) is 0 Å². The highest BCUT2D eigenvalue weighted by atomic mass is 16.3. The molecule has 11 heavy (non-hydrogen) atoms. The highest BCUT2D eigenvalue weighted by molar-refractivity contribution is 5.82. The quantitative estimate of drug-likeness (QED) is 0.621. The zero-order valence-corrected chi connectivity index (χ0v) is 7.59. The maximum absolute atomic E-state index is 10.9. The molecule has 0 aromatic heterocycles. The fraction of sp³-hybridized carbons (Fsp3) is 0.875. The van der Waals surface area contributed by atoms with E-state index in [2.05, 4.69) is 5.32 Å². The van der Waals surface area contributed by atoms with E-state index in [0.717, 1.165) is 0 Å². The third kappa shape index (κ3) is 4.11. The Balaban J connectivity index is 4.01. The Kier molecular flexibility index (Phi) is 4.30. The number of ketones is 1. The molecular weight excluding hydrogens is 142 g/mol. The molecule has 2 atom stereocenters. The van der Waals surface area contributed by atoms with Crippen molar-refractivity contribution >= 4 is 5.78 Å². The van der Waals surface area contributed by atoms with Crippen LogP contribution in [-0.2, 0) is 4.79 Å². The lowest BCUT2D eigenvalue weighted by Crippen LogP contribution is -2.46. The van der Waals surface area contributed by atoms with E-state index in [4.69, 9.17) is 5.11 Å².